The van der Waals surface area contributed by atoms with E-state index >= 15 is 0 Å². The number of benzene rings is 1. The Kier molecular flexibility index (Phi) is 7.01. The minimum absolute atomic E-state index is 0.0835. The Morgan fingerprint density at radius 1 is 1.11 bits per heavy atom. The van der Waals surface area contributed by atoms with Crippen LogP contribution >= 0.6 is 11.3 Å². The predicted octanol–water partition coefficient (Wildman–Crippen LogP) is 4.41. The first-order valence-electron chi connectivity index (χ1n) is 9.56. The molecule has 1 aromatic heterocycles. The van der Waals surface area contributed by atoms with E-state index in [2.05, 4.69) is 10.2 Å². The molecule has 1 aliphatic rings. The molecule has 1 saturated heterocycles. The third-order valence-electron chi connectivity index (χ3n) is 4.59. The molecule has 0 saturated carbocycles. The van der Waals surface area contributed by atoms with Crippen molar-refractivity contribution in [2.45, 2.75) is 32.6 Å². The van der Waals surface area contributed by atoms with Gasteiger partial charge in [-0.15, -0.1) is 11.3 Å². The van der Waals surface area contributed by atoms with Gasteiger partial charge in [-0.1, -0.05) is 43.2 Å². The molecule has 2 aromatic rings. The van der Waals surface area contributed by atoms with Crippen molar-refractivity contribution in [1.29, 1.82) is 0 Å². The Balaban J connectivity index is 1.76. The molecule has 1 fully saturated rings. The molecule has 0 radical (unpaired) electrons. The molecule has 0 bridgehead atoms. The van der Waals surface area contributed by atoms with E-state index in [-0.39, 0.29) is 5.91 Å². The summed E-state index contributed by atoms with van der Waals surface area (Å²) >= 11 is 1.35. The van der Waals surface area contributed by atoms with Gasteiger partial charge in [0.1, 0.15) is 4.88 Å². The normalized spacial score (nSPS) is 15.1. The van der Waals surface area contributed by atoms with Crippen LogP contribution in [0.2, 0.25) is 0 Å². The van der Waals surface area contributed by atoms with Crippen molar-refractivity contribution in [3.63, 3.8) is 0 Å². The maximum Gasteiger partial charge on any atom is 0.350 e. The van der Waals surface area contributed by atoms with Gasteiger partial charge >= 0.3 is 5.97 Å². The van der Waals surface area contributed by atoms with Crippen LogP contribution in [0.1, 0.15) is 42.3 Å². The Labute approximate surface area is 164 Å². The highest BCUT2D eigenvalue weighted by Crippen LogP contribution is 2.35. The quantitative estimate of drug-likeness (QED) is 0.747. The van der Waals surface area contributed by atoms with Crippen LogP contribution in [0.3, 0.4) is 0 Å². The zero-order valence-electron chi connectivity index (χ0n) is 15.7. The summed E-state index contributed by atoms with van der Waals surface area (Å²) in [5.74, 6) is -0.477. The van der Waals surface area contributed by atoms with Gasteiger partial charge in [-0.3, -0.25) is 9.69 Å². The smallest absolute Gasteiger partial charge is 0.350 e. The summed E-state index contributed by atoms with van der Waals surface area (Å²) in [6, 6.07) is 11.7. The number of anilines is 1. The van der Waals surface area contributed by atoms with Crippen molar-refractivity contribution in [2.75, 3.05) is 31.6 Å². The van der Waals surface area contributed by atoms with Gasteiger partial charge in [0.25, 0.3) is 0 Å². The van der Waals surface area contributed by atoms with E-state index in [0.717, 1.165) is 36.4 Å². The number of hydrogen-bond acceptors (Lipinski definition) is 5. The molecule has 0 spiro atoms. The van der Waals surface area contributed by atoms with E-state index < -0.39 is 5.97 Å². The molecular formula is C21H26N2O3S. The van der Waals surface area contributed by atoms with Crippen LogP contribution in [-0.2, 0) is 9.53 Å². The summed E-state index contributed by atoms with van der Waals surface area (Å²) in [6.45, 7) is 4.35. The largest absolute Gasteiger partial charge is 0.462 e. The summed E-state index contributed by atoms with van der Waals surface area (Å²) in [5, 5.41) is 2.94. The second kappa shape index (κ2) is 9.67. The Morgan fingerprint density at radius 2 is 1.81 bits per heavy atom. The topological polar surface area (TPSA) is 58.6 Å². The number of rotatable bonds is 6. The fraction of sp³-hybridized carbons (Fsp3) is 0.429. The van der Waals surface area contributed by atoms with Crippen LogP contribution in [0.15, 0.2) is 36.4 Å². The fourth-order valence-corrected chi connectivity index (χ4v) is 4.28. The van der Waals surface area contributed by atoms with E-state index in [9.17, 15) is 9.59 Å². The van der Waals surface area contributed by atoms with Crippen molar-refractivity contribution in [3.8, 4) is 10.4 Å². The van der Waals surface area contributed by atoms with Gasteiger partial charge in [0.05, 0.1) is 18.8 Å². The molecule has 6 heteroatoms. The fourth-order valence-electron chi connectivity index (χ4n) is 3.26. The van der Waals surface area contributed by atoms with Crippen molar-refractivity contribution >= 4 is 28.9 Å². The molecule has 1 N–H and O–H groups in total. The van der Waals surface area contributed by atoms with Crippen LogP contribution in [-0.4, -0.2) is 43.0 Å². The Hall–Kier alpha value is -2.18. The summed E-state index contributed by atoms with van der Waals surface area (Å²) in [5.41, 5.74) is 1.55. The van der Waals surface area contributed by atoms with Crippen LogP contribution in [0.4, 0.5) is 5.69 Å². The third kappa shape index (κ3) is 5.40. The van der Waals surface area contributed by atoms with Crippen molar-refractivity contribution in [2.24, 2.45) is 0 Å². The lowest BCUT2D eigenvalue weighted by atomic mass is 10.2. The summed E-state index contributed by atoms with van der Waals surface area (Å²) < 4.78 is 5.18. The number of likely N-dealkylation sites (tertiary alicyclic amines) is 1. The molecule has 27 heavy (non-hydrogen) atoms. The molecule has 0 atom stereocenters. The molecule has 0 unspecified atom stereocenters. The third-order valence-corrected chi connectivity index (χ3v) is 5.76. The summed E-state index contributed by atoms with van der Waals surface area (Å²) in [4.78, 5) is 28.5. The number of amides is 1. The van der Waals surface area contributed by atoms with Gasteiger partial charge < -0.3 is 10.1 Å². The molecule has 1 aromatic carbocycles. The van der Waals surface area contributed by atoms with E-state index in [1.807, 2.05) is 36.4 Å². The molecule has 3 rings (SSSR count). The highest BCUT2D eigenvalue weighted by molar-refractivity contribution is 7.18. The van der Waals surface area contributed by atoms with Gasteiger partial charge in [-0.05, 0) is 44.5 Å². The first kappa shape index (κ1) is 19.6. The highest BCUT2D eigenvalue weighted by Gasteiger charge is 2.21. The van der Waals surface area contributed by atoms with E-state index in [1.54, 1.807) is 6.92 Å². The standard InChI is InChI=1S/C21H26N2O3S/c1-2-26-21(25)20-17(14-18(27-20)16-10-6-5-7-11-16)22-19(24)15-23-12-8-3-4-9-13-23/h5-7,10-11,14H,2-4,8-9,12-13,15H2,1H3,(H,22,24). The van der Waals surface area contributed by atoms with Crippen molar-refractivity contribution < 1.29 is 14.3 Å². The van der Waals surface area contributed by atoms with Crippen LogP contribution in [0, 0.1) is 0 Å². The molecule has 5 nitrogen and oxygen atoms in total. The number of esters is 1. The molecule has 1 amide bonds. The van der Waals surface area contributed by atoms with Gasteiger partial charge in [-0.25, -0.2) is 4.79 Å². The molecule has 1 aliphatic heterocycles. The zero-order valence-corrected chi connectivity index (χ0v) is 16.5. The number of carbonyl (C=O) groups is 2. The number of nitrogens with zero attached hydrogens (tertiary/aromatic N) is 1. The second-order valence-corrected chi connectivity index (χ2v) is 7.73. The number of hydrogen-bond donors (Lipinski definition) is 1. The monoisotopic (exact) mass is 386 g/mol. The van der Waals surface area contributed by atoms with Crippen LogP contribution in [0.5, 0.6) is 0 Å². The lowest BCUT2D eigenvalue weighted by molar-refractivity contribution is -0.117. The van der Waals surface area contributed by atoms with Gasteiger partial charge in [0.15, 0.2) is 0 Å². The minimum atomic E-state index is -0.394. The highest BCUT2D eigenvalue weighted by atomic mass is 32.1. The molecular weight excluding hydrogens is 360 g/mol. The van der Waals surface area contributed by atoms with Crippen molar-refractivity contribution in [1.82, 2.24) is 4.90 Å². The van der Waals surface area contributed by atoms with E-state index in [0.29, 0.717) is 23.7 Å². The Bertz CT molecular complexity index is 765. The van der Waals surface area contributed by atoms with Crippen LogP contribution < -0.4 is 5.32 Å². The molecule has 2 heterocycles. The lowest BCUT2D eigenvalue weighted by Gasteiger charge is -2.18. The SMILES string of the molecule is CCOC(=O)c1sc(-c2ccccc2)cc1NC(=O)CN1CCCCCC1. The average molecular weight is 387 g/mol. The van der Waals surface area contributed by atoms with Gasteiger partial charge in [0, 0.05) is 4.88 Å². The van der Waals surface area contributed by atoms with E-state index in [1.165, 1.54) is 24.2 Å². The zero-order chi connectivity index (χ0) is 19.1. The number of carbonyl (C=O) groups excluding carboxylic acids is 2. The maximum atomic E-state index is 12.6. The number of ether oxygens (including phenoxy) is 1. The second-order valence-electron chi connectivity index (χ2n) is 6.68. The summed E-state index contributed by atoms with van der Waals surface area (Å²) in [6.07, 6.45) is 4.74. The maximum absolute atomic E-state index is 12.6. The average Bonchev–Trinajstić information content (AvgIpc) is 2.91. The Morgan fingerprint density at radius 3 is 2.48 bits per heavy atom. The minimum Gasteiger partial charge on any atom is -0.462 e. The first-order chi connectivity index (χ1) is 13.2. The molecule has 0 aliphatic carbocycles. The van der Waals surface area contributed by atoms with Gasteiger partial charge in [0.2, 0.25) is 5.91 Å². The van der Waals surface area contributed by atoms with Crippen LogP contribution in [0.25, 0.3) is 10.4 Å². The van der Waals surface area contributed by atoms with Gasteiger partial charge in [-0.2, -0.15) is 0 Å². The first-order valence-corrected chi connectivity index (χ1v) is 10.4. The summed E-state index contributed by atoms with van der Waals surface area (Å²) in [7, 11) is 0. The molecule has 144 valence electrons. The predicted molar refractivity (Wildman–Crippen MR) is 109 cm³/mol. The van der Waals surface area contributed by atoms with Crippen molar-refractivity contribution in [3.05, 3.63) is 41.3 Å². The number of nitrogens with one attached hydrogen (secondary N) is 1. The number of thiophene rings is 1. The van der Waals surface area contributed by atoms with E-state index in [4.69, 9.17) is 4.74 Å². The lowest BCUT2D eigenvalue weighted by Crippen LogP contribution is -2.34.